The van der Waals surface area contributed by atoms with Crippen molar-refractivity contribution in [1.29, 1.82) is 0 Å². The number of nitrogens with zero attached hydrogens (tertiary/aromatic N) is 1. The molecule has 1 fully saturated rings. The van der Waals surface area contributed by atoms with E-state index in [1.54, 1.807) is 66.7 Å². The molecule has 0 aliphatic carbocycles. The Morgan fingerprint density at radius 2 is 1.69 bits per heavy atom. The van der Waals surface area contributed by atoms with Crippen LogP contribution in [0, 0.1) is 0 Å². The molecule has 3 aromatic carbocycles. The van der Waals surface area contributed by atoms with Crippen LogP contribution in [0.15, 0.2) is 72.3 Å². The molecule has 1 heterocycles. The quantitative estimate of drug-likeness (QED) is 0.328. The molecule has 7 nitrogen and oxygen atoms in total. The van der Waals surface area contributed by atoms with E-state index in [2.05, 4.69) is 5.32 Å². The Balaban J connectivity index is 1.61. The first-order chi connectivity index (χ1) is 16.9. The zero-order chi connectivity index (χ0) is 24.9. The van der Waals surface area contributed by atoms with Gasteiger partial charge in [0.25, 0.3) is 11.8 Å². The second-order valence-electron chi connectivity index (χ2n) is 7.45. The summed E-state index contributed by atoms with van der Waals surface area (Å²) in [5, 5.41) is 3.18. The highest BCUT2D eigenvalue weighted by Gasteiger charge is 2.37. The fourth-order valence-electron chi connectivity index (χ4n) is 3.43. The van der Waals surface area contributed by atoms with E-state index in [0.717, 1.165) is 10.5 Å². The third-order valence-corrected chi connectivity index (χ3v) is 5.71. The molecule has 4 rings (SSSR count). The zero-order valence-electron chi connectivity index (χ0n) is 18.6. The van der Waals surface area contributed by atoms with Gasteiger partial charge in [0, 0.05) is 21.2 Å². The molecule has 178 valence electrons. The van der Waals surface area contributed by atoms with E-state index in [9.17, 15) is 14.4 Å². The Labute approximate surface area is 211 Å². The Morgan fingerprint density at radius 3 is 2.40 bits per heavy atom. The highest BCUT2D eigenvalue weighted by molar-refractivity contribution is 6.39. The third-order valence-electron chi connectivity index (χ3n) is 5.12. The summed E-state index contributed by atoms with van der Waals surface area (Å²) in [7, 11) is 0. The number of urea groups is 1. The molecule has 0 saturated carbocycles. The fraction of sp³-hybridized carbons (Fsp3) is 0.115. The van der Waals surface area contributed by atoms with Crippen molar-refractivity contribution in [2.24, 2.45) is 0 Å². The number of para-hydroxylation sites is 1. The van der Waals surface area contributed by atoms with Gasteiger partial charge >= 0.3 is 6.03 Å². The molecule has 0 spiro atoms. The largest absolute Gasteiger partial charge is 0.494 e. The lowest BCUT2D eigenvalue weighted by atomic mass is 10.1. The lowest BCUT2D eigenvalue weighted by Crippen LogP contribution is -2.54. The van der Waals surface area contributed by atoms with Crippen LogP contribution < -0.4 is 19.7 Å². The van der Waals surface area contributed by atoms with Crippen LogP contribution >= 0.6 is 23.2 Å². The predicted molar refractivity (Wildman–Crippen MR) is 134 cm³/mol. The molecular formula is C26H20Cl2N2O5. The van der Waals surface area contributed by atoms with Crippen LogP contribution in [0.25, 0.3) is 6.08 Å². The van der Waals surface area contributed by atoms with E-state index in [4.69, 9.17) is 32.7 Å². The zero-order valence-corrected chi connectivity index (χ0v) is 20.1. The number of nitrogens with one attached hydrogen (secondary N) is 1. The number of hydrogen-bond donors (Lipinski definition) is 1. The molecule has 1 saturated heterocycles. The van der Waals surface area contributed by atoms with Crippen LogP contribution in [0.1, 0.15) is 18.1 Å². The van der Waals surface area contributed by atoms with Crippen molar-refractivity contribution in [3.8, 4) is 11.5 Å². The first-order valence-corrected chi connectivity index (χ1v) is 11.4. The maximum absolute atomic E-state index is 13.2. The molecule has 1 aliphatic heterocycles. The number of benzene rings is 3. The fourth-order valence-corrected chi connectivity index (χ4v) is 3.89. The van der Waals surface area contributed by atoms with E-state index in [1.807, 2.05) is 6.92 Å². The Kier molecular flexibility index (Phi) is 7.39. The summed E-state index contributed by atoms with van der Waals surface area (Å²) >= 11 is 12.2. The Morgan fingerprint density at radius 1 is 0.943 bits per heavy atom. The van der Waals surface area contributed by atoms with Crippen molar-refractivity contribution in [2.75, 3.05) is 11.5 Å². The van der Waals surface area contributed by atoms with Crippen LogP contribution in [0.3, 0.4) is 0 Å². The van der Waals surface area contributed by atoms with Crippen LogP contribution in [0.5, 0.6) is 11.5 Å². The van der Waals surface area contributed by atoms with Gasteiger partial charge in [0.2, 0.25) is 0 Å². The van der Waals surface area contributed by atoms with Gasteiger partial charge in [0.15, 0.2) is 0 Å². The second kappa shape index (κ2) is 10.6. The molecule has 4 amide bonds. The molecule has 1 N–H and O–H groups in total. The number of ether oxygens (including phenoxy) is 2. The topological polar surface area (TPSA) is 84.9 Å². The van der Waals surface area contributed by atoms with Gasteiger partial charge in [-0.15, -0.1) is 0 Å². The monoisotopic (exact) mass is 510 g/mol. The predicted octanol–water partition coefficient (Wildman–Crippen LogP) is 5.64. The smallest absolute Gasteiger partial charge is 0.335 e. The van der Waals surface area contributed by atoms with Gasteiger partial charge < -0.3 is 9.47 Å². The van der Waals surface area contributed by atoms with Gasteiger partial charge in [-0.3, -0.25) is 14.9 Å². The SMILES string of the molecule is CCOc1ccc(N2C(=O)NC(=O)/C(=C\c3ccccc3OCc3ccc(Cl)cc3Cl)C2=O)cc1. The lowest BCUT2D eigenvalue weighted by Gasteiger charge is -2.26. The van der Waals surface area contributed by atoms with Crippen LogP contribution in [-0.4, -0.2) is 24.5 Å². The molecule has 0 radical (unpaired) electrons. The van der Waals surface area contributed by atoms with Gasteiger partial charge in [-0.05, 0) is 55.5 Å². The highest BCUT2D eigenvalue weighted by atomic mass is 35.5. The van der Waals surface area contributed by atoms with E-state index < -0.39 is 17.8 Å². The van der Waals surface area contributed by atoms with Gasteiger partial charge in [0.1, 0.15) is 23.7 Å². The van der Waals surface area contributed by atoms with Gasteiger partial charge in [-0.2, -0.15) is 0 Å². The number of carbonyl (C=O) groups excluding carboxylic acids is 3. The van der Waals surface area contributed by atoms with Gasteiger partial charge in [-0.1, -0.05) is 47.5 Å². The summed E-state index contributed by atoms with van der Waals surface area (Å²) in [6.45, 7) is 2.48. The summed E-state index contributed by atoms with van der Waals surface area (Å²) in [5.74, 6) is -0.521. The molecule has 1 aliphatic rings. The van der Waals surface area contributed by atoms with Gasteiger partial charge in [0.05, 0.1) is 12.3 Å². The van der Waals surface area contributed by atoms with Crippen LogP contribution in [0.2, 0.25) is 10.0 Å². The summed E-state index contributed by atoms with van der Waals surface area (Å²) in [4.78, 5) is 39.1. The van der Waals surface area contributed by atoms with Crippen molar-refractivity contribution in [3.05, 3.63) is 93.5 Å². The number of halogens is 2. The Bertz CT molecular complexity index is 1320. The maximum Gasteiger partial charge on any atom is 0.335 e. The minimum Gasteiger partial charge on any atom is -0.494 e. The summed E-state index contributed by atoms with van der Waals surface area (Å²) in [6, 6.07) is 17.6. The molecule has 0 bridgehead atoms. The number of anilines is 1. The van der Waals surface area contributed by atoms with E-state index in [-0.39, 0.29) is 12.2 Å². The molecular weight excluding hydrogens is 491 g/mol. The minimum atomic E-state index is -0.830. The summed E-state index contributed by atoms with van der Waals surface area (Å²) in [5.41, 5.74) is 1.30. The molecule has 3 aromatic rings. The minimum absolute atomic E-state index is 0.146. The van der Waals surface area contributed by atoms with Crippen LogP contribution in [-0.2, 0) is 16.2 Å². The van der Waals surface area contributed by atoms with Crippen molar-refractivity contribution >= 4 is 52.8 Å². The van der Waals surface area contributed by atoms with Crippen molar-refractivity contribution < 1.29 is 23.9 Å². The Hall–Kier alpha value is -3.81. The molecule has 9 heteroatoms. The van der Waals surface area contributed by atoms with Crippen molar-refractivity contribution in [3.63, 3.8) is 0 Å². The van der Waals surface area contributed by atoms with E-state index in [1.165, 1.54) is 6.08 Å². The first-order valence-electron chi connectivity index (χ1n) is 10.7. The molecule has 35 heavy (non-hydrogen) atoms. The first kappa shape index (κ1) is 24.3. The number of barbiturate groups is 1. The molecule has 0 atom stereocenters. The summed E-state index contributed by atoms with van der Waals surface area (Å²) in [6.07, 6.45) is 1.39. The van der Waals surface area contributed by atoms with Gasteiger partial charge in [-0.25, -0.2) is 9.69 Å². The highest BCUT2D eigenvalue weighted by Crippen LogP contribution is 2.28. The van der Waals surface area contributed by atoms with Crippen molar-refractivity contribution in [1.82, 2.24) is 5.32 Å². The lowest BCUT2D eigenvalue weighted by molar-refractivity contribution is -0.122. The van der Waals surface area contributed by atoms with E-state index >= 15 is 0 Å². The normalized spacial score (nSPS) is 14.8. The number of hydrogen-bond acceptors (Lipinski definition) is 5. The van der Waals surface area contributed by atoms with Crippen LogP contribution in [0.4, 0.5) is 10.5 Å². The second-order valence-corrected chi connectivity index (χ2v) is 8.29. The average molecular weight is 511 g/mol. The summed E-state index contributed by atoms with van der Waals surface area (Å²) < 4.78 is 11.3. The number of carbonyl (C=O) groups is 3. The average Bonchev–Trinajstić information content (AvgIpc) is 2.83. The molecule has 0 aromatic heterocycles. The maximum atomic E-state index is 13.2. The number of rotatable bonds is 7. The number of imide groups is 2. The molecule has 0 unspecified atom stereocenters. The third kappa shape index (κ3) is 5.48. The van der Waals surface area contributed by atoms with E-state index in [0.29, 0.717) is 39.4 Å². The van der Waals surface area contributed by atoms with Crippen molar-refractivity contribution in [2.45, 2.75) is 13.5 Å². The standard InChI is InChI=1S/C26H20Cl2N2O5/c1-2-34-20-11-9-19(10-12-20)30-25(32)21(24(31)29-26(30)33)13-16-5-3-4-6-23(16)35-15-17-7-8-18(27)14-22(17)28/h3-14H,2,15H2,1H3,(H,29,31,33)/b21-13+. The number of amides is 4.